The maximum Gasteiger partial charge on any atom is 0.230 e. The summed E-state index contributed by atoms with van der Waals surface area (Å²) in [5, 5.41) is 8.02. The fourth-order valence-electron chi connectivity index (χ4n) is 2.82. The summed E-state index contributed by atoms with van der Waals surface area (Å²) >= 11 is 0. The van der Waals surface area contributed by atoms with Crippen molar-refractivity contribution in [3.8, 4) is 0 Å². The molecule has 20 heavy (non-hydrogen) atoms. The number of benzene rings is 1. The standard InChI is InChI=1S/C15H21N3O2/c1-9-4-5-11(6-10(9)2)17-15(19)12-8-18-13(12)7-14(16-3)20-18/h4-6,12-14,16H,7-8H2,1-3H3,(H,17,19)/t12-,13?,14+/m1/s1. The Morgan fingerprint density at radius 3 is 2.85 bits per heavy atom. The van der Waals surface area contributed by atoms with Crippen molar-refractivity contribution in [2.75, 3.05) is 18.9 Å². The number of aryl methyl sites for hydroxylation is 2. The number of hydrogen-bond acceptors (Lipinski definition) is 4. The Labute approximate surface area is 119 Å². The summed E-state index contributed by atoms with van der Waals surface area (Å²) < 4.78 is 0. The molecule has 0 bridgehead atoms. The molecule has 108 valence electrons. The van der Waals surface area contributed by atoms with Crippen molar-refractivity contribution >= 4 is 11.6 Å². The SMILES string of the molecule is CN[C@@H]1CC2[C@H](C(=O)Nc3ccc(C)c(C)c3)CN2O1. The molecule has 2 aliphatic rings. The molecule has 3 atom stereocenters. The summed E-state index contributed by atoms with van der Waals surface area (Å²) in [6, 6.07) is 6.22. The molecule has 5 heteroatoms. The Hall–Kier alpha value is -1.43. The number of nitrogens with zero attached hydrogens (tertiary/aromatic N) is 1. The largest absolute Gasteiger partial charge is 0.326 e. The van der Waals surface area contributed by atoms with Gasteiger partial charge in [-0.15, -0.1) is 0 Å². The zero-order valence-corrected chi connectivity index (χ0v) is 12.1. The molecule has 1 aromatic rings. The van der Waals surface area contributed by atoms with E-state index in [1.807, 2.05) is 30.3 Å². The number of rotatable bonds is 3. The smallest absolute Gasteiger partial charge is 0.230 e. The summed E-state index contributed by atoms with van der Waals surface area (Å²) in [4.78, 5) is 17.9. The maximum atomic E-state index is 12.3. The van der Waals surface area contributed by atoms with Crippen molar-refractivity contribution in [3.05, 3.63) is 29.3 Å². The number of carbonyl (C=O) groups is 1. The Balaban J connectivity index is 1.62. The van der Waals surface area contributed by atoms with Crippen molar-refractivity contribution in [3.63, 3.8) is 0 Å². The molecule has 0 aromatic heterocycles. The van der Waals surface area contributed by atoms with Gasteiger partial charge in [0.2, 0.25) is 5.91 Å². The first kappa shape index (κ1) is 13.5. The van der Waals surface area contributed by atoms with Gasteiger partial charge in [-0.25, -0.2) is 0 Å². The van der Waals surface area contributed by atoms with Crippen LogP contribution in [-0.4, -0.2) is 36.8 Å². The van der Waals surface area contributed by atoms with Gasteiger partial charge in [-0.3, -0.25) is 14.9 Å². The average molecular weight is 275 g/mol. The monoisotopic (exact) mass is 275 g/mol. The zero-order valence-electron chi connectivity index (χ0n) is 12.1. The van der Waals surface area contributed by atoms with E-state index < -0.39 is 0 Å². The summed E-state index contributed by atoms with van der Waals surface area (Å²) in [5.74, 6) is 0.116. The second-order valence-electron chi connectivity index (χ2n) is 5.68. The highest BCUT2D eigenvalue weighted by atomic mass is 16.7. The Morgan fingerprint density at radius 1 is 1.35 bits per heavy atom. The highest BCUT2D eigenvalue weighted by molar-refractivity contribution is 5.94. The van der Waals surface area contributed by atoms with Gasteiger partial charge in [0, 0.05) is 18.7 Å². The van der Waals surface area contributed by atoms with Gasteiger partial charge in [0.1, 0.15) is 6.23 Å². The molecule has 2 saturated heterocycles. The molecule has 0 saturated carbocycles. The lowest BCUT2D eigenvalue weighted by Crippen LogP contribution is -2.56. The molecular formula is C15H21N3O2. The quantitative estimate of drug-likeness (QED) is 0.876. The molecule has 1 amide bonds. The van der Waals surface area contributed by atoms with Crippen LogP contribution in [0.4, 0.5) is 5.69 Å². The summed E-state index contributed by atoms with van der Waals surface area (Å²) in [7, 11) is 1.88. The van der Waals surface area contributed by atoms with E-state index in [1.54, 1.807) is 0 Å². The summed E-state index contributed by atoms with van der Waals surface area (Å²) in [6.45, 7) is 4.80. The third-order valence-corrected chi connectivity index (χ3v) is 4.36. The van der Waals surface area contributed by atoms with E-state index in [0.29, 0.717) is 6.54 Å². The van der Waals surface area contributed by atoms with Gasteiger partial charge in [0.25, 0.3) is 0 Å². The normalized spacial score (nSPS) is 28.9. The van der Waals surface area contributed by atoms with Gasteiger partial charge in [-0.05, 0) is 44.2 Å². The number of anilines is 1. The number of hydrogen-bond donors (Lipinski definition) is 2. The first-order valence-corrected chi connectivity index (χ1v) is 7.07. The van der Waals surface area contributed by atoms with E-state index in [9.17, 15) is 4.79 Å². The van der Waals surface area contributed by atoms with Crippen LogP contribution in [0.15, 0.2) is 18.2 Å². The van der Waals surface area contributed by atoms with Gasteiger partial charge in [0.05, 0.1) is 12.0 Å². The third kappa shape index (κ3) is 2.32. The fraction of sp³-hybridized carbons (Fsp3) is 0.533. The number of fused-ring (bicyclic) bond motifs is 1. The lowest BCUT2D eigenvalue weighted by atomic mass is 9.88. The zero-order chi connectivity index (χ0) is 14.3. The number of carbonyl (C=O) groups excluding carboxylic acids is 1. The molecule has 2 fully saturated rings. The Kier molecular flexibility index (Phi) is 3.50. The minimum atomic E-state index is 0.0231. The second-order valence-corrected chi connectivity index (χ2v) is 5.68. The van der Waals surface area contributed by atoms with Crippen LogP contribution in [-0.2, 0) is 9.63 Å². The molecule has 0 radical (unpaired) electrons. The molecule has 2 N–H and O–H groups in total. The van der Waals surface area contributed by atoms with Crippen molar-refractivity contribution in [2.24, 2.45) is 5.92 Å². The van der Waals surface area contributed by atoms with Crippen LogP contribution in [0.3, 0.4) is 0 Å². The molecule has 5 nitrogen and oxygen atoms in total. The van der Waals surface area contributed by atoms with Crippen LogP contribution in [0.2, 0.25) is 0 Å². The highest BCUT2D eigenvalue weighted by Crippen LogP contribution is 2.35. The molecule has 1 unspecified atom stereocenters. The van der Waals surface area contributed by atoms with Gasteiger partial charge in [-0.2, -0.15) is 5.06 Å². The first-order valence-electron chi connectivity index (χ1n) is 7.07. The van der Waals surface area contributed by atoms with Gasteiger partial charge >= 0.3 is 0 Å². The summed E-state index contributed by atoms with van der Waals surface area (Å²) in [5.41, 5.74) is 3.30. The van der Waals surface area contributed by atoms with Crippen molar-refractivity contribution in [1.29, 1.82) is 0 Å². The maximum absolute atomic E-state index is 12.3. The first-order chi connectivity index (χ1) is 9.58. The predicted octanol–water partition coefficient (Wildman–Crippen LogP) is 1.42. The van der Waals surface area contributed by atoms with E-state index in [2.05, 4.69) is 24.5 Å². The van der Waals surface area contributed by atoms with Crippen molar-refractivity contribution in [2.45, 2.75) is 32.5 Å². The van der Waals surface area contributed by atoms with Crippen LogP contribution in [0, 0.1) is 19.8 Å². The Bertz CT molecular complexity index is 532. The number of amides is 1. The topological polar surface area (TPSA) is 53.6 Å². The minimum absolute atomic E-state index is 0.0231. The Morgan fingerprint density at radius 2 is 2.15 bits per heavy atom. The fourth-order valence-corrected chi connectivity index (χ4v) is 2.82. The van der Waals surface area contributed by atoms with Crippen LogP contribution in [0.25, 0.3) is 0 Å². The molecule has 2 aliphatic heterocycles. The second kappa shape index (κ2) is 5.16. The number of nitrogens with one attached hydrogen (secondary N) is 2. The highest BCUT2D eigenvalue weighted by Gasteiger charge is 2.50. The molecule has 1 aromatic carbocycles. The van der Waals surface area contributed by atoms with E-state index in [-0.39, 0.29) is 24.1 Å². The summed E-state index contributed by atoms with van der Waals surface area (Å²) in [6.07, 6.45) is 0.904. The van der Waals surface area contributed by atoms with Gasteiger partial charge in [0.15, 0.2) is 0 Å². The van der Waals surface area contributed by atoms with Gasteiger partial charge in [-0.1, -0.05) is 6.07 Å². The van der Waals surface area contributed by atoms with E-state index in [1.165, 1.54) is 11.1 Å². The molecule has 0 aliphatic carbocycles. The third-order valence-electron chi connectivity index (χ3n) is 4.36. The van der Waals surface area contributed by atoms with Crippen LogP contribution >= 0.6 is 0 Å². The van der Waals surface area contributed by atoms with E-state index >= 15 is 0 Å². The van der Waals surface area contributed by atoms with Crippen LogP contribution < -0.4 is 10.6 Å². The lowest BCUT2D eigenvalue weighted by Gasteiger charge is -2.39. The van der Waals surface area contributed by atoms with Crippen molar-refractivity contribution in [1.82, 2.24) is 10.4 Å². The molecule has 3 rings (SSSR count). The molecular weight excluding hydrogens is 254 g/mol. The molecule has 2 heterocycles. The van der Waals surface area contributed by atoms with E-state index in [0.717, 1.165) is 12.1 Å². The predicted molar refractivity (Wildman–Crippen MR) is 77.1 cm³/mol. The van der Waals surface area contributed by atoms with Crippen molar-refractivity contribution < 1.29 is 9.63 Å². The van der Waals surface area contributed by atoms with Crippen LogP contribution in [0.1, 0.15) is 17.5 Å². The van der Waals surface area contributed by atoms with Gasteiger partial charge < -0.3 is 5.32 Å². The molecule has 0 spiro atoms. The lowest BCUT2D eigenvalue weighted by molar-refractivity contribution is -0.223. The minimum Gasteiger partial charge on any atom is -0.326 e. The van der Waals surface area contributed by atoms with E-state index in [4.69, 9.17) is 4.84 Å². The average Bonchev–Trinajstić information content (AvgIpc) is 2.71. The number of hydroxylamine groups is 2. The van der Waals surface area contributed by atoms with Crippen LogP contribution in [0.5, 0.6) is 0 Å².